The minimum atomic E-state index is -0.953. The fourth-order valence-electron chi connectivity index (χ4n) is 3.47. The fraction of sp³-hybridized carbons (Fsp3) is 0.300. The summed E-state index contributed by atoms with van der Waals surface area (Å²) in [5.74, 6) is -0.299. The molecule has 0 radical (unpaired) electrons. The first kappa shape index (κ1) is 21.6. The minimum absolute atomic E-state index is 0.0547. The van der Waals surface area contributed by atoms with E-state index in [1.165, 1.54) is 15.5 Å². The first-order chi connectivity index (χ1) is 14.3. The Hall–Kier alpha value is -3.14. The molecule has 9 nitrogen and oxygen atoms in total. The van der Waals surface area contributed by atoms with Gasteiger partial charge in [0, 0.05) is 43.6 Å². The lowest BCUT2D eigenvalue weighted by Gasteiger charge is -2.32. The highest BCUT2D eigenvalue weighted by atomic mass is 79.9. The third-order valence-electron chi connectivity index (χ3n) is 4.93. The fourth-order valence-corrected chi connectivity index (χ4v) is 3.96. The van der Waals surface area contributed by atoms with Crippen LogP contribution in [0, 0.1) is 0 Å². The summed E-state index contributed by atoms with van der Waals surface area (Å²) >= 11 is 3.27. The molecule has 1 aliphatic heterocycles. The smallest absolute Gasteiger partial charge is 0.407 e. The molecular weight excluding hydrogens is 454 g/mol. The van der Waals surface area contributed by atoms with Crippen molar-refractivity contribution >= 4 is 45.1 Å². The SMILES string of the molecule is C=CC(=O)Nc1cc(Nc2nc(Br)cn(C)c2=O)ccc1[C@@H]1CCCN(C(=O)O)C1. The Labute approximate surface area is 181 Å². The number of likely N-dealkylation sites (tertiary alicyclic amines) is 1. The van der Waals surface area contributed by atoms with Crippen LogP contribution in [0.15, 0.2) is 46.4 Å². The van der Waals surface area contributed by atoms with Gasteiger partial charge in [0.25, 0.3) is 5.56 Å². The molecule has 1 aliphatic rings. The normalized spacial score (nSPS) is 16.1. The van der Waals surface area contributed by atoms with Gasteiger partial charge in [-0.1, -0.05) is 12.6 Å². The summed E-state index contributed by atoms with van der Waals surface area (Å²) in [5.41, 5.74) is 1.63. The highest BCUT2D eigenvalue weighted by molar-refractivity contribution is 9.10. The van der Waals surface area contributed by atoms with Crippen LogP contribution >= 0.6 is 15.9 Å². The quantitative estimate of drug-likeness (QED) is 0.571. The number of carboxylic acid groups (broad SMARTS) is 1. The molecule has 1 atom stereocenters. The maximum Gasteiger partial charge on any atom is 0.407 e. The summed E-state index contributed by atoms with van der Waals surface area (Å²) in [6.07, 6.45) is 3.32. The van der Waals surface area contributed by atoms with Gasteiger partial charge in [0.2, 0.25) is 5.91 Å². The summed E-state index contributed by atoms with van der Waals surface area (Å²) in [5, 5.41) is 15.1. The molecule has 158 valence electrons. The highest BCUT2D eigenvalue weighted by Gasteiger charge is 2.26. The monoisotopic (exact) mass is 475 g/mol. The Morgan fingerprint density at radius 3 is 2.87 bits per heavy atom. The van der Waals surface area contributed by atoms with Crippen molar-refractivity contribution in [3.05, 3.63) is 57.6 Å². The first-order valence-electron chi connectivity index (χ1n) is 9.34. The van der Waals surface area contributed by atoms with E-state index in [4.69, 9.17) is 0 Å². The third kappa shape index (κ3) is 4.88. The molecular formula is C20H22BrN5O4. The number of hydrogen-bond acceptors (Lipinski definition) is 5. The largest absolute Gasteiger partial charge is 0.465 e. The van der Waals surface area contributed by atoms with E-state index in [0.29, 0.717) is 29.1 Å². The number of carbonyl (C=O) groups is 2. The Kier molecular flexibility index (Phi) is 6.56. The Balaban J connectivity index is 1.95. The number of piperidine rings is 1. The lowest BCUT2D eigenvalue weighted by atomic mass is 9.89. The molecule has 1 fully saturated rings. The number of nitrogens with one attached hydrogen (secondary N) is 2. The van der Waals surface area contributed by atoms with E-state index in [9.17, 15) is 19.5 Å². The van der Waals surface area contributed by atoms with Crippen LogP contribution in [0.3, 0.4) is 0 Å². The van der Waals surface area contributed by atoms with Crippen molar-refractivity contribution in [1.82, 2.24) is 14.5 Å². The topological polar surface area (TPSA) is 117 Å². The summed E-state index contributed by atoms with van der Waals surface area (Å²) in [6, 6.07) is 5.32. The van der Waals surface area contributed by atoms with Gasteiger partial charge in [0.1, 0.15) is 4.60 Å². The van der Waals surface area contributed by atoms with Gasteiger partial charge in [0.15, 0.2) is 5.82 Å². The van der Waals surface area contributed by atoms with Crippen molar-refractivity contribution in [1.29, 1.82) is 0 Å². The van der Waals surface area contributed by atoms with Crippen molar-refractivity contribution in [2.45, 2.75) is 18.8 Å². The lowest BCUT2D eigenvalue weighted by molar-refractivity contribution is -0.111. The average Bonchev–Trinajstić information content (AvgIpc) is 2.71. The lowest BCUT2D eigenvalue weighted by Crippen LogP contribution is -2.38. The summed E-state index contributed by atoms with van der Waals surface area (Å²) in [7, 11) is 1.62. The van der Waals surface area contributed by atoms with Crippen LogP contribution in [0.4, 0.5) is 22.0 Å². The van der Waals surface area contributed by atoms with Crippen molar-refractivity contribution in [2.24, 2.45) is 7.05 Å². The Morgan fingerprint density at radius 2 is 2.17 bits per heavy atom. The summed E-state index contributed by atoms with van der Waals surface area (Å²) < 4.78 is 1.90. The van der Waals surface area contributed by atoms with Crippen molar-refractivity contribution in [3.63, 3.8) is 0 Å². The number of carbonyl (C=O) groups excluding carboxylic acids is 1. The number of benzene rings is 1. The zero-order valence-electron chi connectivity index (χ0n) is 16.4. The molecule has 0 unspecified atom stereocenters. The average molecular weight is 476 g/mol. The van der Waals surface area contributed by atoms with Crippen molar-refractivity contribution < 1.29 is 14.7 Å². The zero-order valence-corrected chi connectivity index (χ0v) is 18.0. The van der Waals surface area contributed by atoms with E-state index in [2.05, 4.69) is 38.1 Å². The van der Waals surface area contributed by atoms with E-state index in [1.54, 1.807) is 25.4 Å². The standard InChI is InChI=1S/C20H22BrN5O4/c1-3-17(27)23-15-9-13(22-18-19(28)25(2)11-16(21)24-18)6-7-14(15)12-5-4-8-26(10-12)20(29)30/h3,6-7,9,11-12H,1,4-5,8,10H2,2H3,(H,22,24)(H,23,27)(H,29,30)/t12-/m1/s1. The van der Waals surface area contributed by atoms with Crippen molar-refractivity contribution in [2.75, 3.05) is 23.7 Å². The molecule has 2 aromatic rings. The van der Waals surface area contributed by atoms with Crippen LogP contribution in [0.25, 0.3) is 0 Å². The van der Waals surface area contributed by atoms with E-state index in [-0.39, 0.29) is 23.2 Å². The van der Waals surface area contributed by atoms with Gasteiger partial charge in [0.05, 0.1) is 0 Å². The van der Waals surface area contributed by atoms with Gasteiger partial charge in [-0.3, -0.25) is 9.59 Å². The minimum Gasteiger partial charge on any atom is -0.465 e. The second-order valence-electron chi connectivity index (χ2n) is 7.02. The highest BCUT2D eigenvalue weighted by Crippen LogP contribution is 2.34. The molecule has 2 amide bonds. The Morgan fingerprint density at radius 1 is 1.40 bits per heavy atom. The second-order valence-corrected chi connectivity index (χ2v) is 7.83. The zero-order chi connectivity index (χ0) is 21.8. The molecule has 1 saturated heterocycles. The van der Waals surface area contributed by atoms with E-state index >= 15 is 0 Å². The van der Waals surface area contributed by atoms with E-state index < -0.39 is 6.09 Å². The van der Waals surface area contributed by atoms with Crippen LogP contribution in [-0.4, -0.2) is 44.6 Å². The van der Waals surface area contributed by atoms with Crippen LogP contribution in [0.1, 0.15) is 24.3 Å². The Bertz CT molecular complexity index is 1050. The number of halogens is 1. The van der Waals surface area contributed by atoms with Crippen molar-refractivity contribution in [3.8, 4) is 0 Å². The number of amides is 2. The molecule has 1 aromatic carbocycles. The van der Waals surface area contributed by atoms with Gasteiger partial charge >= 0.3 is 6.09 Å². The maximum absolute atomic E-state index is 12.3. The number of aryl methyl sites for hydroxylation is 1. The third-order valence-corrected chi connectivity index (χ3v) is 5.31. The molecule has 0 spiro atoms. The number of hydrogen-bond donors (Lipinski definition) is 3. The molecule has 0 bridgehead atoms. The van der Waals surface area contributed by atoms with Gasteiger partial charge < -0.3 is 25.2 Å². The molecule has 3 rings (SSSR count). The number of nitrogens with zero attached hydrogens (tertiary/aromatic N) is 3. The predicted molar refractivity (Wildman–Crippen MR) is 117 cm³/mol. The second kappa shape index (κ2) is 9.12. The summed E-state index contributed by atoms with van der Waals surface area (Å²) in [4.78, 5) is 41.2. The van der Waals surface area contributed by atoms with Gasteiger partial charge in [-0.2, -0.15) is 0 Å². The van der Waals surface area contributed by atoms with Gasteiger partial charge in [-0.05, 0) is 52.5 Å². The molecule has 1 aromatic heterocycles. The molecule has 2 heterocycles. The van der Waals surface area contributed by atoms with E-state index in [0.717, 1.165) is 18.4 Å². The van der Waals surface area contributed by atoms with Crippen LogP contribution in [0.5, 0.6) is 0 Å². The molecule has 0 saturated carbocycles. The van der Waals surface area contributed by atoms with Gasteiger partial charge in [-0.15, -0.1) is 0 Å². The van der Waals surface area contributed by atoms with Gasteiger partial charge in [-0.25, -0.2) is 9.78 Å². The molecule has 3 N–H and O–H groups in total. The first-order valence-corrected chi connectivity index (χ1v) is 10.1. The number of anilines is 3. The maximum atomic E-state index is 12.3. The van der Waals surface area contributed by atoms with E-state index in [1.807, 2.05) is 6.07 Å². The number of rotatable bonds is 5. The molecule has 30 heavy (non-hydrogen) atoms. The van der Waals surface area contributed by atoms with Crippen LogP contribution in [0.2, 0.25) is 0 Å². The summed E-state index contributed by atoms with van der Waals surface area (Å²) in [6.45, 7) is 4.33. The van der Waals surface area contributed by atoms with Crippen LogP contribution < -0.4 is 16.2 Å². The molecule has 10 heteroatoms. The molecule has 0 aliphatic carbocycles. The number of aromatic nitrogens is 2. The predicted octanol–water partition coefficient (Wildman–Crippen LogP) is 3.27. The van der Waals surface area contributed by atoms with Crippen LogP contribution in [-0.2, 0) is 11.8 Å².